The van der Waals surface area contributed by atoms with Crippen molar-refractivity contribution >= 4 is 38.7 Å². The van der Waals surface area contributed by atoms with Crippen molar-refractivity contribution in [3.05, 3.63) is 66.7 Å². The van der Waals surface area contributed by atoms with E-state index in [0.29, 0.717) is 28.7 Å². The van der Waals surface area contributed by atoms with Crippen LogP contribution in [0.5, 0.6) is 11.5 Å². The molecule has 0 saturated heterocycles. The van der Waals surface area contributed by atoms with Gasteiger partial charge in [-0.3, -0.25) is 14.9 Å². The van der Waals surface area contributed by atoms with Crippen molar-refractivity contribution < 1.29 is 14.4 Å². The van der Waals surface area contributed by atoms with Crippen LogP contribution in [-0.2, 0) is 6.42 Å². The van der Waals surface area contributed by atoms with Crippen LogP contribution in [0.3, 0.4) is 0 Å². The van der Waals surface area contributed by atoms with Gasteiger partial charge in [-0.25, -0.2) is 4.98 Å². The molecular weight excluding hydrogens is 468 g/mol. The molecule has 2 aromatic carbocycles. The average molecular weight is 489 g/mol. The fraction of sp³-hybridized carbons (Fsp3) is 0.286. The highest BCUT2D eigenvalue weighted by molar-refractivity contribution is 9.10. The van der Waals surface area contributed by atoms with Gasteiger partial charge in [-0.2, -0.15) is 9.78 Å². The van der Waals surface area contributed by atoms with Crippen molar-refractivity contribution in [3.8, 4) is 11.5 Å². The van der Waals surface area contributed by atoms with Crippen LogP contribution in [-0.4, -0.2) is 34.5 Å². The Morgan fingerprint density at radius 1 is 1.29 bits per heavy atom. The molecular formula is C21H21BrN4O5. The van der Waals surface area contributed by atoms with Crippen molar-refractivity contribution in [1.82, 2.24) is 9.66 Å². The van der Waals surface area contributed by atoms with Crippen LogP contribution < -0.4 is 15.0 Å². The van der Waals surface area contributed by atoms with Crippen molar-refractivity contribution in [2.45, 2.75) is 26.7 Å². The summed E-state index contributed by atoms with van der Waals surface area (Å²) in [6.45, 7) is 3.96. The number of ether oxygens (including phenoxy) is 2. The number of aryl methyl sites for hydroxylation is 1. The molecule has 0 amide bonds. The Morgan fingerprint density at radius 2 is 2.06 bits per heavy atom. The first kappa shape index (κ1) is 22.4. The maximum Gasteiger partial charge on any atom is 0.315 e. The molecule has 10 heteroatoms. The first-order valence-electron chi connectivity index (χ1n) is 9.64. The number of nitro benzene ring substituents is 1. The summed E-state index contributed by atoms with van der Waals surface area (Å²) in [4.78, 5) is 28.6. The lowest BCUT2D eigenvalue weighted by Gasteiger charge is -2.11. The van der Waals surface area contributed by atoms with E-state index in [-0.39, 0.29) is 29.4 Å². The zero-order valence-corrected chi connectivity index (χ0v) is 18.9. The normalized spacial score (nSPS) is 11.2. The molecule has 0 fully saturated rings. The van der Waals surface area contributed by atoms with Crippen molar-refractivity contribution in [2.75, 3.05) is 13.7 Å². The molecule has 162 valence electrons. The van der Waals surface area contributed by atoms with Crippen LogP contribution in [0.4, 0.5) is 5.69 Å². The highest BCUT2D eigenvalue weighted by Crippen LogP contribution is 2.37. The highest BCUT2D eigenvalue weighted by atomic mass is 79.9. The second-order valence-corrected chi connectivity index (χ2v) is 7.48. The number of nitro groups is 1. The predicted molar refractivity (Wildman–Crippen MR) is 122 cm³/mol. The quantitative estimate of drug-likeness (QED) is 0.265. The summed E-state index contributed by atoms with van der Waals surface area (Å²) in [5.74, 6) is 0.762. The van der Waals surface area contributed by atoms with Crippen molar-refractivity contribution in [2.24, 2.45) is 5.10 Å². The number of benzene rings is 2. The van der Waals surface area contributed by atoms with E-state index in [0.717, 1.165) is 10.9 Å². The first-order chi connectivity index (χ1) is 14.9. The van der Waals surface area contributed by atoms with Gasteiger partial charge in [-0.15, -0.1) is 0 Å². The van der Waals surface area contributed by atoms with E-state index in [4.69, 9.17) is 9.47 Å². The second-order valence-electron chi connectivity index (χ2n) is 6.56. The van der Waals surface area contributed by atoms with E-state index in [2.05, 4.69) is 26.0 Å². The summed E-state index contributed by atoms with van der Waals surface area (Å²) in [5.41, 5.74) is 0.403. The van der Waals surface area contributed by atoms with Gasteiger partial charge in [0.1, 0.15) is 5.82 Å². The Balaban J connectivity index is 2.15. The van der Waals surface area contributed by atoms with E-state index >= 15 is 0 Å². The van der Waals surface area contributed by atoms with Gasteiger partial charge < -0.3 is 9.47 Å². The third-order valence-electron chi connectivity index (χ3n) is 4.43. The Bertz CT molecular complexity index is 1220. The third kappa shape index (κ3) is 4.74. The molecule has 0 spiro atoms. The van der Waals surface area contributed by atoms with E-state index in [1.54, 1.807) is 25.1 Å². The number of hydrogen-bond donors (Lipinski definition) is 0. The maximum atomic E-state index is 13.1. The summed E-state index contributed by atoms with van der Waals surface area (Å²) >= 11 is 3.37. The highest BCUT2D eigenvalue weighted by Gasteiger charge is 2.22. The first-order valence-corrected chi connectivity index (χ1v) is 10.4. The number of aromatic nitrogens is 2. The lowest BCUT2D eigenvalue weighted by Crippen LogP contribution is -2.22. The monoisotopic (exact) mass is 488 g/mol. The minimum atomic E-state index is -0.547. The van der Waals surface area contributed by atoms with Gasteiger partial charge in [0, 0.05) is 22.5 Å². The Labute approximate surface area is 186 Å². The molecule has 9 nitrogen and oxygen atoms in total. The lowest BCUT2D eigenvalue weighted by molar-refractivity contribution is -0.385. The van der Waals surface area contributed by atoms with E-state index < -0.39 is 4.92 Å². The van der Waals surface area contributed by atoms with Crippen LogP contribution in [0.25, 0.3) is 10.9 Å². The minimum absolute atomic E-state index is 0.0493. The molecule has 0 radical (unpaired) electrons. The lowest BCUT2D eigenvalue weighted by atomic mass is 10.2. The number of halogens is 1. The van der Waals surface area contributed by atoms with E-state index in [9.17, 15) is 14.9 Å². The second kappa shape index (κ2) is 9.69. The largest absolute Gasteiger partial charge is 0.493 e. The van der Waals surface area contributed by atoms with Crippen molar-refractivity contribution in [3.63, 3.8) is 0 Å². The van der Waals surface area contributed by atoms with E-state index in [1.165, 1.54) is 24.1 Å². The van der Waals surface area contributed by atoms with Gasteiger partial charge in [0.25, 0.3) is 5.56 Å². The summed E-state index contributed by atoms with van der Waals surface area (Å²) in [6.07, 6.45) is 2.69. The molecule has 1 aromatic heterocycles. The molecule has 0 aliphatic heterocycles. The van der Waals surface area contributed by atoms with Gasteiger partial charge >= 0.3 is 5.69 Å². The molecule has 0 aliphatic carbocycles. The molecule has 0 aliphatic rings. The third-order valence-corrected chi connectivity index (χ3v) is 4.93. The molecule has 3 rings (SSSR count). The maximum absolute atomic E-state index is 13.1. The van der Waals surface area contributed by atoms with Gasteiger partial charge in [0.15, 0.2) is 5.75 Å². The molecule has 31 heavy (non-hydrogen) atoms. The fourth-order valence-electron chi connectivity index (χ4n) is 3.08. The van der Waals surface area contributed by atoms with Gasteiger partial charge in [-0.05, 0) is 37.6 Å². The summed E-state index contributed by atoms with van der Waals surface area (Å²) in [5, 5.41) is 16.2. The number of methoxy groups -OCH3 is 1. The van der Waals surface area contributed by atoms with Crippen LogP contribution in [0, 0.1) is 10.1 Å². The predicted octanol–water partition coefficient (Wildman–Crippen LogP) is 4.31. The molecule has 3 aromatic rings. The standard InChI is InChI=1S/C21H21BrN4O5/c1-4-6-19-24-16-8-7-14(22)11-15(16)21(27)25(19)23-12-13-9-17(26(28)29)20(31-5-2)18(10-13)30-3/h7-12H,4-6H2,1-3H3. The summed E-state index contributed by atoms with van der Waals surface area (Å²) < 4.78 is 12.6. The fourth-order valence-corrected chi connectivity index (χ4v) is 3.44. The molecule has 0 N–H and O–H groups in total. The summed E-state index contributed by atoms with van der Waals surface area (Å²) in [6, 6.07) is 8.18. The van der Waals surface area contributed by atoms with Crippen molar-refractivity contribution in [1.29, 1.82) is 0 Å². The van der Waals surface area contributed by atoms with Gasteiger partial charge in [-0.1, -0.05) is 22.9 Å². The number of hydrogen-bond acceptors (Lipinski definition) is 7. The van der Waals surface area contributed by atoms with Crippen LogP contribution in [0.15, 0.2) is 44.7 Å². The zero-order valence-electron chi connectivity index (χ0n) is 17.3. The molecule has 0 saturated carbocycles. The Morgan fingerprint density at radius 3 is 2.71 bits per heavy atom. The number of rotatable bonds is 8. The number of nitrogens with zero attached hydrogens (tertiary/aromatic N) is 4. The minimum Gasteiger partial charge on any atom is -0.493 e. The average Bonchev–Trinajstić information content (AvgIpc) is 2.74. The molecule has 1 heterocycles. The Hall–Kier alpha value is -3.27. The van der Waals surface area contributed by atoms with Crippen LogP contribution >= 0.6 is 15.9 Å². The van der Waals surface area contributed by atoms with Gasteiger partial charge in [0.2, 0.25) is 5.75 Å². The molecule has 0 bridgehead atoms. The topological polar surface area (TPSA) is 109 Å². The SMILES string of the molecule is CCCc1nc2ccc(Br)cc2c(=O)n1N=Cc1cc(OC)c(OCC)c([N+](=O)[O-])c1. The van der Waals surface area contributed by atoms with Crippen LogP contribution in [0.1, 0.15) is 31.7 Å². The van der Waals surface area contributed by atoms with Crippen LogP contribution in [0.2, 0.25) is 0 Å². The smallest absolute Gasteiger partial charge is 0.315 e. The Kier molecular flexibility index (Phi) is 7.01. The molecule has 0 unspecified atom stereocenters. The summed E-state index contributed by atoms with van der Waals surface area (Å²) in [7, 11) is 1.40. The van der Waals surface area contributed by atoms with Gasteiger partial charge in [0.05, 0.1) is 35.8 Å². The van der Waals surface area contributed by atoms with E-state index in [1.807, 2.05) is 13.0 Å². The number of fused-ring (bicyclic) bond motifs is 1. The molecule has 0 atom stereocenters. The zero-order chi connectivity index (χ0) is 22.5.